The largest absolute Gasteiger partial charge is 0.497 e. The zero-order chi connectivity index (χ0) is 22.5. The molecule has 4 aromatic rings. The van der Waals surface area contributed by atoms with E-state index in [2.05, 4.69) is 20.3 Å². The maximum atomic E-state index is 5.89. The van der Waals surface area contributed by atoms with Gasteiger partial charge in [0.15, 0.2) is 5.65 Å². The van der Waals surface area contributed by atoms with E-state index < -0.39 is 0 Å². The van der Waals surface area contributed by atoms with Gasteiger partial charge in [-0.25, -0.2) is 4.52 Å². The van der Waals surface area contributed by atoms with Gasteiger partial charge in [-0.15, -0.1) is 5.10 Å². The standard InChI is InChI=1S/C25H27N5O3/c1-31-21-9-5-19(6-10-21)23-3-2-4-24-27-25(28-30(23)24)26-20-7-11-22(12-8-20)33-18-15-29-13-16-32-17-14-29/h2-12H,13-18H2,1H3,(H,26,28). The third-order valence-electron chi connectivity index (χ3n) is 5.64. The first kappa shape index (κ1) is 21.2. The summed E-state index contributed by atoms with van der Waals surface area (Å²) in [6, 6.07) is 21.7. The Morgan fingerprint density at radius 1 is 0.939 bits per heavy atom. The van der Waals surface area contributed by atoms with Crippen LogP contribution in [0.3, 0.4) is 0 Å². The minimum atomic E-state index is 0.539. The number of ether oxygens (including phenoxy) is 3. The molecule has 2 aromatic heterocycles. The molecule has 5 rings (SSSR count). The van der Waals surface area contributed by atoms with Crippen LogP contribution in [0.25, 0.3) is 16.9 Å². The molecule has 1 fully saturated rings. The molecule has 0 saturated carbocycles. The van der Waals surface area contributed by atoms with Crippen LogP contribution in [0.5, 0.6) is 11.5 Å². The summed E-state index contributed by atoms with van der Waals surface area (Å²) < 4.78 is 18.4. The Balaban J connectivity index is 1.24. The highest BCUT2D eigenvalue weighted by atomic mass is 16.5. The van der Waals surface area contributed by atoms with Crippen LogP contribution in [0.15, 0.2) is 66.7 Å². The van der Waals surface area contributed by atoms with Crippen LogP contribution in [0, 0.1) is 0 Å². The number of nitrogens with zero attached hydrogens (tertiary/aromatic N) is 4. The summed E-state index contributed by atoms with van der Waals surface area (Å²) in [6.45, 7) is 5.12. The molecule has 3 heterocycles. The Morgan fingerprint density at radius 2 is 1.70 bits per heavy atom. The number of aromatic nitrogens is 3. The minimum absolute atomic E-state index is 0.539. The smallest absolute Gasteiger partial charge is 0.247 e. The van der Waals surface area contributed by atoms with Crippen LogP contribution in [-0.4, -0.2) is 66.1 Å². The quantitative estimate of drug-likeness (QED) is 0.441. The Bertz CT molecular complexity index is 1190. The monoisotopic (exact) mass is 445 g/mol. The van der Waals surface area contributed by atoms with Gasteiger partial charge in [-0.3, -0.25) is 4.90 Å². The minimum Gasteiger partial charge on any atom is -0.497 e. The van der Waals surface area contributed by atoms with Crippen LogP contribution in [-0.2, 0) is 4.74 Å². The number of rotatable bonds is 8. The molecule has 0 atom stereocenters. The van der Waals surface area contributed by atoms with Crippen LogP contribution in [0.1, 0.15) is 0 Å². The Hall–Kier alpha value is -3.62. The first-order valence-corrected chi connectivity index (χ1v) is 11.1. The average molecular weight is 446 g/mol. The summed E-state index contributed by atoms with van der Waals surface area (Å²) in [5, 5.41) is 7.95. The normalized spacial score (nSPS) is 14.3. The highest BCUT2D eigenvalue weighted by Crippen LogP contribution is 2.24. The van der Waals surface area contributed by atoms with Gasteiger partial charge in [-0.1, -0.05) is 6.07 Å². The van der Waals surface area contributed by atoms with Gasteiger partial charge in [-0.2, -0.15) is 4.98 Å². The van der Waals surface area contributed by atoms with Crippen molar-refractivity contribution in [1.82, 2.24) is 19.5 Å². The van der Waals surface area contributed by atoms with E-state index in [0.717, 1.165) is 66.9 Å². The number of fused-ring (bicyclic) bond motifs is 1. The molecule has 1 aliphatic rings. The number of hydrogen-bond donors (Lipinski definition) is 1. The number of nitrogens with one attached hydrogen (secondary N) is 1. The molecule has 2 aromatic carbocycles. The van der Waals surface area contributed by atoms with Crippen LogP contribution in [0.2, 0.25) is 0 Å². The number of anilines is 2. The van der Waals surface area contributed by atoms with Crippen LogP contribution in [0.4, 0.5) is 11.6 Å². The SMILES string of the molecule is COc1ccc(-c2cccc3nc(Nc4ccc(OCCN5CCOCC5)cc4)nn23)cc1. The fourth-order valence-corrected chi connectivity index (χ4v) is 3.82. The van der Waals surface area contributed by atoms with Gasteiger partial charge in [0.05, 0.1) is 26.0 Å². The third kappa shape index (κ3) is 5.08. The number of hydrogen-bond acceptors (Lipinski definition) is 7. The Labute approximate surface area is 192 Å². The molecule has 0 aliphatic carbocycles. The van der Waals surface area contributed by atoms with Crippen molar-refractivity contribution >= 4 is 17.3 Å². The number of morpholine rings is 1. The highest BCUT2D eigenvalue weighted by molar-refractivity contribution is 5.65. The predicted molar refractivity (Wildman–Crippen MR) is 127 cm³/mol. The van der Waals surface area contributed by atoms with Crippen molar-refractivity contribution in [3.8, 4) is 22.8 Å². The van der Waals surface area contributed by atoms with E-state index in [1.807, 2.05) is 71.2 Å². The van der Waals surface area contributed by atoms with Gasteiger partial charge in [0.1, 0.15) is 18.1 Å². The summed E-state index contributed by atoms with van der Waals surface area (Å²) in [5.41, 5.74) is 3.67. The lowest BCUT2D eigenvalue weighted by Crippen LogP contribution is -2.38. The second kappa shape index (κ2) is 9.89. The number of methoxy groups -OCH3 is 1. The molecular weight excluding hydrogens is 418 g/mol. The van der Waals surface area contributed by atoms with Crippen molar-refractivity contribution in [2.45, 2.75) is 0 Å². The lowest BCUT2D eigenvalue weighted by molar-refractivity contribution is 0.0322. The summed E-state index contributed by atoms with van der Waals surface area (Å²) >= 11 is 0. The number of pyridine rings is 1. The maximum absolute atomic E-state index is 5.89. The van der Waals surface area contributed by atoms with Gasteiger partial charge in [0, 0.05) is 30.9 Å². The summed E-state index contributed by atoms with van der Waals surface area (Å²) in [5.74, 6) is 2.20. The summed E-state index contributed by atoms with van der Waals surface area (Å²) in [4.78, 5) is 6.98. The molecular formula is C25H27N5O3. The molecule has 0 bridgehead atoms. The second-order valence-corrected chi connectivity index (χ2v) is 7.80. The lowest BCUT2D eigenvalue weighted by Gasteiger charge is -2.26. The van der Waals surface area contributed by atoms with Crippen molar-refractivity contribution in [3.63, 3.8) is 0 Å². The predicted octanol–water partition coefficient (Wildman–Crippen LogP) is 3.86. The van der Waals surface area contributed by atoms with Gasteiger partial charge >= 0.3 is 0 Å². The van der Waals surface area contributed by atoms with Crippen LogP contribution < -0.4 is 14.8 Å². The van der Waals surface area contributed by atoms with Crippen molar-refractivity contribution in [2.24, 2.45) is 0 Å². The van der Waals surface area contributed by atoms with Crippen molar-refractivity contribution < 1.29 is 14.2 Å². The van der Waals surface area contributed by atoms with E-state index in [0.29, 0.717) is 12.6 Å². The first-order valence-electron chi connectivity index (χ1n) is 11.1. The average Bonchev–Trinajstić information content (AvgIpc) is 3.28. The third-order valence-corrected chi connectivity index (χ3v) is 5.64. The van der Waals surface area contributed by atoms with E-state index in [9.17, 15) is 0 Å². The van der Waals surface area contributed by atoms with Gasteiger partial charge in [0.25, 0.3) is 0 Å². The molecule has 33 heavy (non-hydrogen) atoms. The Kier molecular flexibility index (Phi) is 6.37. The molecule has 170 valence electrons. The molecule has 0 radical (unpaired) electrons. The second-order valence-electron chi connectivity index (χ2n) is 7.80. The van der Waals surface area contributed by atoms with E-state index >= 15 is 0 Å². The lowest BCUT2D eigenvalue weighted by atomic mass is 10.1. The number of benzene rings is 2. The zero-order valence-corrected chi connectivity index (χ0v) is 18.6. The zero-order valence-electron chi connectivity index (χ0n) is 18.6. The van der Waals surface area contributed by atoms with E-state index in [1.165, 1.54) is 0 Å². The first-order chi connectivity index (χ1) is 16.3. The molecule has 0 amide bonds. The molecule has 0 unspecified atom stereocenters. The highest BCUT2D eigenvalue weighted by Gasteiger charge is 2.11. The van der Waals surface area contributed by atoms with Gasteiger partial charge in [-0.05, 0) is 60.7 Å². The van der Waals surface area contributed by atoms with Gasteiger partial charge < -0.3 is 19.5 Å². The van der Waals surface area contributed by atoms with E-state index in [4.69, 9.17) is 14.2 Å². The molecule has 8 heteroatoms. The van der Waals surface area contributed by atoms with Gasteiger partial charge in [0.2, 0.25) is 5.95 Å². The fraction of sp³-hybridized carbons (Fsp3) is 0.280. The van der Waals surface area contributed by atoms with Crippen molar-refractivity contribution in [3.05, 3.63) is 66.7 Å². The molecule has 0 spiro atoms. The van der Waals surface area contributed by atoms with E-state index in [1.54, 1.807) is 7.11 Å². The van der Waals surface area contributed by atoms with Crippen molar-refractivity contribution in [1.29, 1.82) is 0 Å². The molecule has 8 nitrogen and oxygen atoms in total. The molecule has 1 aliphatic heterocycles. The fourth-order valence-electron chi connectivity index (χ4n) is 3.82. The van der Waals surface area contributed by atoms with E-state index in [-0.39, 0.29) is 0 Å². The summed E-state index contributed by atoms with van der Waals surface area (Å²) in [6.07, 6.45) is 0. The topological polar surface area (TPSA) is 73.1 Å². The van der Waals surface area contributed by atoms with Crippen LogP contribution >= 0.6 is 0 Å². The summed E-state index contributed by atoms with van der Waals surface area (Å²) in [7, 11) is 1.66. The molecule has 1 N–H and O–H groups in total. The Morgan fingerprint density at radius 3 is 2.45 bits per heavy atom. The maximum Gasteiger partial charge on any atom is 0.247 e. The van der Waals surface area contributed by atoms with Crippen molar-refractivity contribution in [2.75, 3.05) is 51.9 Å². The molecule has 1 saturated heterocycles.